The summed E-state index contributed by atoms with van der Waals surface area (Å²) in [5.74, 6) is -1.44. The smallest absolute Gasteiger partial charge is 0.257 e. The molecule has 1 aliphatic carbocycles. The zero-order valence-electron chi connectivity index (χ0n) is 23.7. The van der Waals surface area contributed by atoms with Gasteiger partial charge in [0.1, 0.15) is 5.82 Å². The van der Waals surface area contributed by atoms with Gasteiger partial charge in [0, 0.05) is 43.1 Å². The SMILES string of the molecule is Cc1ccc(NC(=O)[C@H]2CCCN(C(=O)c3c(C)cccc3F)[C@H]2C2C=CC(NC3CCOCC3)=CC2)cc1C. The molecule has 2 aromatic rings. The summed E-state index contributed by atoms with van der Waals surface area (Å²) in [6.07, 6.45) is 10.4. The molecule has 40 heavy (non-hydrogen) atoms. The van der Waals surface area contributed by atoms with Crippen LogP contribution in [0.15, 0.2) is 60.3 Å². The number of halogens is 1. The highest BCUT2D eigenvalue weighted by molar-refractivity contribution is 5.98. The summed E-state index contributed by atoms with van der Waals surface area (Å²) in [7, 11) is 0. The van der Waals surface area contributed by atoms with Gasteiger partial charge in [0.2, 0.25) is 5.91 Å². The van der Waals surface area contributed by atoms with E-state index in [1.165, 1.54) is 6.07 Å². The quantitative estimate of drug-likeness (QED) is 0.479. The maximum atomic E-state index is 14.9. The first kappa shape index (κ1) is 28.1. The van der Waals surface area contributed by atoms with Gasteiger partial charge in [-0.05, 0) is 93.8 Å². The fourth-order valence-corrected chi connectivity index (χ4v) is 6.25. The van der Waals surface area contributed by atoms with Gasteiger partial charge < -0.3 is 20.3 Å². The van der Waals surface area contributed by atoms with Crippen LogP contribution >= 0.6 is 0 Å². The summed E-state index contributed by atoms with van der Waals surface area (Å²) in [6.45, 7) is 7.85. The number of piperidine rings is 1. The fourth-order valence-electron chi connectivity index (χ4n) is 6.25. The molecule has 0 spiro atoms. The number of carbonyl (C=O) groups is 2. The molecule has 2 aromatic carbocycles. The van der Waals surface area contributed by atoms with Crippen LogP contribution in [-0.2, 0) is 9.53 Å². The molecular formula is C33H40FN3O3. The number of ether oxygens (including phenoxy) is 1. The minimum Gasteiger partial charge on any atom is -0.382 e. The largest absolute Gasteiger partial charge is 0.382 e. The fraction of sp³-hybridized carbons (Fsp3) is 0.455. The molecule has 2 aliphatic heterocycles. The Labute approximate surface area is 236 Å². The van der Waals surface area contributed by atoms with Gasteiger partial charge in [0.05, 0.1) is 17.5 Å². The van der Waals surface area contributed by atoms with Gasteiger partial charge in [-0.15, -0.1) is 0 Å². The van der Waals surface area contributed by atoms with Crippen LogP contribution in [0, 0.1) is 38.4 Å². The molecule has 0 bridgehead atoms. The Balaban J connectivity index is 1.41. The molecule has 1 unspecified atom stereocenters. The standard InChI is InChI=1S/C33H40FN3O3/c1-21-9-12-27(20-23(21)3)36-32(38)28-7-5-17-37(33(39)30-22(2)6-4-8-29(30)34)31(28)24-10-13-25(14-11-24)35-26-15-18-40-19-16-26/h4,6,8-10,12-14,20,24,26,28,31,35H,5,7,11,15-19H2,1-3H3,(H,36,38)/t24?,28-,31-/m0/s1. The van der Waals surface area contributed by atoms with Crippen LogP contribution in [0.2, 0.25) is 0 Å². The monoisotopic (exact) mass is 545 g/mol. The van der Waals surface area contributed by atoms with Crippen molar-refractivity contribution in [1.82, 2.24) is 10.2 Å². The number of likely N-dealkylation sites (tertiary alicyclic amines) is 1. The van der Waals surface area contributed by atoms with Gasteiger partial charge in [-0.25, -0.2) is 4.39 Å². The number of nitrogens with zero attached hydrogens (tertiary/aromatic N) is 1. The third-order valence-corrected chi connectivity index (χ3v) is 8.66. The highest BCUT2D eigenvalue weighted by Crippen LogP contribution is 2.36. The van der Waals surface area contributed by atoms with Crippen molar-refractivity contribution in [3.8, 4) is 0 Å². The van der Waals surface area contributed by atoms with E-state index in [0.717, 1.165) is 48.6 Å². The number of hydrogen-bond donors (Lipinski definition) is 2. The summed E-state index contributed by atoms with van der Waals surface area (Å²) in [6, 6.07) is 10.6. The lowest BCUT2D eigenvalue weighted by Crippen LogP contribution is -2.55. The molecule has 0 aromatic heterocycles. The molecule has 5 rings (SSSR count). The van der Waals surface area contributed by atoms with Crippen molar-refractivity contribution in [3.63, 3.8) is 0 Å². The number of allylic oxidation sites excluding steroid dienone is 2. The highest BCUT2D eigenvalue weighted by atomic mass is 19.1. The van der Waals surface area contributed by atoms with Gasteiger partial charge in [-0.3, -0.25) is 9.59 Å². The molecule has 2 saturated heterocycles. The molecule has 212 valence electrons. The minimum absolute atomic E-state index is 0.0629. The Kier molecular flexibility index (Phi) is 8.69. The van der Waals surface area contributed by atoms with E-state index in [9.17, 15) is 14.0 Å². The van der Waals surface area contributed by atoms with E-state index in [4.69, 9.17) is 4.74 Å². The van der Waals surface area contributed by atoms with Crippen molar-refractivity contribution in [2.75, 3.05) is 25.1 Å². The summed E-state index contributed by atoms with van der Waals surface area (Å²) >= 11 is 0. The second kappa shape index (κ2) is 12.4. The van der Waals surface area contributed by atoms with E-state index in [1.807, 2.05) is 32.0 Å². The van der Waals surface area contributed by atoms with Crippen molar-refractivity contribution in [2.24, 2.45) is 11.8 Å². The van der Waals surface area contributed by atoms with Gasteiger partial charge in [0.15, 0.2) is 0 Å². The maximum Gasteiger partial charge on any atom is 0.257 e. The van der Waals surface area contributed by atoms with E-state index in [1.54, 1.807) is 24.0 Å². The number of rotatable bonds is 6. The summed E-state index contributed by atoms with van der Waals surface area (Å²) < 4.78 is 20.4. The van der Waals surface area contributed by atoms with Crippen molar-refractivity contribution < 1.29 is 18.7 Å². The molecule has 2 heterocycles. The van der Waals surface area contributed by atoms with Crippen LogP contribution < -0.4 is 10.6 Å². The Hall–Kier alpha value is -3.45. The van der Waals surface area contributed by atoms with E-state index < -0.39 is 11.7 Å². The second-order valence-corrected chi connectivity index (χ2v) is 11.4. The number of carbonyl (C=O) groups excluding carboxylic acids is 2. The van der Waals surface area contributed by atoms with Gasteiger partial charge in [0.25, 0.3) is 5.91 Å². The van der Waals surface area contributed by atoms with Crippen LogP contribution in [0.1, 0.15) is 59.2 Å². The third kappa shape index (κ3) is 6.15. The van der Waals surface area contributed by atoms with E-state index >= 15 is 0 Å². The third-order valence-electron chi connectivity index (χ3n) is 8.66. The van der Waals surface area contributed by atoms with Crippen molar-refractivity contribution in [1.29, 1.82) is 0 Å². The molecule has 0 saturated carbocycles. The van der Waals surface area contributed by atoms with E-state index in [-0.39, 0.29) is 29.3 Å². The molecule has 7 heteroatoms. The Morgan fingerprint density at radius 1 is 1.00 bits per heavy atom. The molecule has 3 aliphatic rings. The molecule has 2 fully saturated rings. The highest BCUT2D eigenvalue weighted by Gasteiger charge is 2.43. The van der Waals surface area contributed by atoms with Crippen LogP contribution in [0.3, 0.4) is 0 Å². The Bertz CT molecular complexity index is 1290. The van der Waals surface area contributed by atoms with Gasteiger partial charge >= 0.3 is 0 Å². The Morgan fingerprint density at radius 2 is 1.80 bits per heavy atom. The van der Waals surface area contributed by atoms with Crippen molar-refractivity contribution >= 4 is 17.5 Å². The first-order valence-electron chi connectivity index (χ1n) is 14.5. The van der Waals surface area contributed by atoms with Gasteiger partial charge in [-0.2, -0.15) is 0 Å². The first-order valence-corrected chi connectivity index (χ1v) is 14.5. The van der Waals surface area contributed by atoms with Gasteiger partial charge in [-0.1, -0.05) is 30.4 Å². The summed E-state index contributed by atoms with van der Waals surface area (Å²) in [5.41, 5.74) is 4.79. The molecule has 2 N–H and O–H groups in total. The lowest BCUT2D eigenvalue weighted by molar-refractivity contribution is -0.123. The average molecular weight is 546 g/mol. The minimum atomic E-state index is -0.521. The summed E-state index contributed by atoms with van der Waals surface area (Å²) in [5, 5.41) is 6.74. The Morgan fingerprint density at radius 3 is 2.50 bits per heavy atom. The molecule has 3 atom stereocenters. The van der Waals surface area contributed by atoms with Crippen LogP contribution in [0.4, 0.5) is 10.1 Å². The molecule has 0 radical (unpaired) electrons. The number of hydrogen-bond acceptors (Lipinski definition) is 4. The molecule has 6 nitrogen and oxygen atoms in total. The number of aryl methyl sites for hydroxylation is 3. The van der Waals surface area contributed by atoms with E-state index in [2.05, 4.69) is 28.9 Å². The average Bonchev–Trinajstić information content (AvgIpc) is 2.95. The predicted molar refractivity (Wildman–Crippen MR) is 156 cm³/mol. The predicted octanol–water partition coefficient (Wildman–Crippen LogP) is 5.84. The first-order chi connectivity index (χ1) is 19.3. The number of anilines is 1. The van der Waals surface area contributed by atoms with Crippen molar-refractivity contribution in [2.45, 2.75) is 65.0 Å². The topological polar surface area (TPSA) is 70.7 Å². The maximum absolute atomic E-state index is 14.9. The summed E-state index contributed by atoms with van der Waals surface area (Å²) in [4.78, 5) is 29.5. The second-order valence-electron chi connectivity index (χ2n) is 11.4. The number of amides is 2. The van der Waals surface area contributed by atoms with Crippen LogP contribution in [0.5, 0.6) is 0 Å². The van der Waals surface area contributed by atoms with Crippen LogP contribution in [0.25, 0.3) is 0 Å². The molecule has 2 amide bonds. The van der Waals surface area contributed by atoms with Crippen molar-refractivity contribution in [3.05, 3.63) is 88.4 Å². The lowest BCUT2D eigenvalue weighted by Gasteiger charge is -2.44. The lowest BCUT2D eigenvalue weighted by atomic mass is 9.77. The van der Waals surface area contributed by atoms with Crippen LogP contribution in [-0.4, -0.2) is 48.6 Å². The molecular weight excluding hydrogens is 505 g/mol. The zero-order chi connectivity index (χ0) is 28.2. The number of nitrogens with one attached hydrogen (secondary N) is 2. The number of benzene rings is 2. The zero-order valence-corrected chi connectivity index (χ0v) is 23.7. The normalized spacial score (nSPS) is 23.4. The van der Waals surface area contributed by atoms with E-state index in [0.29, 0.717) is 37.4 Å².